The van der Waals surface area contributed by atoms with Crippen molar-refractivity contribution >= 4 is 17.3 Å². The number of hydrogen-bond donors (Lipinski definition) is 2. The van der Waals surface area contributed by atoms with Gasteiger partial charge in [0.1, 0.15) is 4.88 Å². The maximum atomic E-state index is 10.8. The molecule has 0 saturated heterocycles. The molecule has 1 heterocycles. The smallest absolute Gasteiger partial charge is 0.345 e. The number of rotatable bonds is 2. The van der Waals surface area contributed by atoms with Gasteiger partial charge < -0.3 is 10.8 Å². The molecule has 1 atom stereocenters. The number of carbonyl (C=O) groups is 1. The van der Waals surface area contributed by atoms with Gasteiger partial charge in [-0.3, -0.25) is 0 Å². The van der Waals surface area contributed by atoms with E-state index in [0.717, 1.165) is 19.3 Å². The van der Waals surface area contributed by atoms with Crippen molar-refractivity contribution in [2.45, 2.75) is 19.3 Å². The summed E-state index contributed by atoms with van der Waals surface area (Å²) < 4.78 is 0. The minimum Gasteiger partial charge on any atom is -0.477 e. The van der Waals surface area contributed by atoms with Gasteiger partial charge in [0.2, 0.25) is 0 Å². The van der Waals surface area contributed by atoms with Gasteiger partial charge in [0.05, 0.1) is 0 Å². The fourth-order valence-electron chi connectivity index (χ4n) is 1.88. The molecule has 0 aliphatic heterocycles. The number of hydrogen-bond acceptors (Lipinski definition) is 3. The van der Waals surface area contributed by atoms with Crippen LogP contribution in [0.3, 0.4) is 0 Å². The molecule has 2 rings (SSSR count). The fraction of sp³-hybridized carbons (Fsp3) is 0.500. The second kappa shape index (κ2) is 3.71. The molecular formula is C10H13NO2S. The van der Waals surface area contributed by atoms with Gasteiger partial charge in [0.15, 0.2) is 0 Å². The van der Waals surface area contributed by atoms with Crippen molar-refractivity contribution < 1.29 is 9.90 Å². The van der Waals surface area contributed by atoms with Gasteiger partial charge in [-0.2, -0.15) is 0 Å². The summed E-state index contributed by atoms with van der Waals surface area (Å²) in [4.78, 5) is 12.4. The minimum atomic E-state index is -0.811. The Balaban J connectivity index is 2.25. The van der Waals surface area contributed by atoms with Gasteiger partial charge in [0.25, 0.3) is 0 Å². The van der Waals surface area contributed by atoms with Gasteiger partial charge in [-0.05, 0) is 43.4 Å². The second-order valence-corrected chi connectivity index (χ2v) is 4.85. The number of nitrogens with two attached hydrogens (primary N) is 1. The highest BCUT2D eigenvalue weighted by molar-refractivity contribution is 7.14. The van der Waals surface area contributed by atoms with E-state index < -0.39 is 5.97 Å². The van der Waals surface area contributed by atoms with Gasteiger partial charge in [-0.1, -0.05) is 0 Å². The Labute approximate surface area is 86.6 Å². The predicted molar refractivity (Wildman–Crippen MR) is 55.8 cm³/mol. The molecule has 0 aromatic carbocycles. The zero-order valence-electron chi connectivity index (χ0n) is 7.82. The first-order valence-electron chi connectivity index (χ1n) is 4.75. The Hall–Kier alpha value is -0.870. The molecule has 1 aromatic heterocycles. The van der Waals surface area contributed by atoms with Crippen molar-refractivity contribution in [1.82, 2.24) is 0 Å². The summed E-state index contributed by atoms with van der Waals surface area (Å²) in [6.45, 7) is 0.708. The highest BCUT2D eigenvalue weighted by Gasteiger charge is 2.21. The van der Waals surface area contributed by atoms with E-state index in [-0.39, 0.29) is 0 Å². The third kappa shape index (κ3) is 1.67. The molecule has 0 radical (unpaired) electrons. The summed E-state index contributed by atoms with van der Waals surface area (Å²) >= 11 is 1.41. The monoisotopic (exact) mass is 211 g/mol. The average Bonchev–Trinajstić information content (AvgIpc) is 2.59. The van der Waals surface area contributed by atoms with E-state index in [1.807, 2.05) is 6.07 Å². The van der Waals surface area contributed by atoms with Crippen LogP contribution in [0.5, 0.6) is 0 Å². The Kier molecular flexibility index (Phi) is 2.56. The Bertz CT molecular complexity index is 359. The Morgan fingerprint density at radius 2 is 2.50 bits per heavy atom. The first-order chi connectivity index (χ1) is 6.70. The summed E-state index contributed by atoms with van der Waals surface area (Å²) in [6.07, 6.45) is 3.05. The highest BCUT2D eigenvalue weighted by atomic mass is 32.1. The van der Waals surface area contributed by atoms with Crippen molar-refractivity contribution in [1.29, 1.82) is 0 Å². The van der Waals surface area contributed by atoms with Gasteiger partial charge in [-0.25, -0.2) is 4.79 Å². The zero-order chi connectivity index (χ0) is 10.1. The molecule has 1 aliphatic rings. The number of aromatic carboxylic acids is 1. The summed E-state index contributed by atoms with van der Waals surface area (Å²) in [5.74, 6) is -0.267. The van der Waals surface area contributed by atoms with E-state index in [1.165, 1.54) is 21.8 Å². The minimum absolute atomic E-state index is 0.465. The molecule has 4 heteroatoms. The molecule has 0 bridgehead atoms. The standard InChI is InChI=1S/C10H13NO2S/c11-5-6-1-2-7-4-9(10(12)13)14-8(7)3-6/h4,6H,1-3,5,11H2,(H,12,13). The highest BCUT2D eigenvalue weighted by Crippen LogP contribution is 2.31. The van der Waals surface area contributed by atoms with E-state index in [2.05, 4.69) is 0 Å². The molecule has 0 fully saturated rings. The molecule has 76 valence electrons. The van der Waals surface area contributed by atoms with Crippen molar-refractivity contribution in [3.05, 3.63) is 21.4 Å². The van der Waals surface area contributed by atoms with Crippen LogP contribution >= 0.6 is 11.3 Å². The number of thiophene rings is 1. The molecule has 1 aromatic rings. The van der Waals surface area contributed by atoms with Crippen molar-refractivity contribution in [2.75, 3.05) is 6.54 Å². The fourth-order valence-corrected chi connectivity index (χ4v) is 3.05. The number of aryl methyl sites for hydroxylation is 1. The third-order valence-electron chi connectivity index (χ3n) is 2.74. The normalized spacial score (nSPS) is 20.5. The second-order valence-electron chi connectivity index (χ2n) is 3.71. The molecule has 3 nitrogen and oxygen atoms in total. The van der Waals surface area contributed by atoms with E-state index in [9.17, 15) is 4.79 Å². The van der Waals surface area contributed by atoms with Crippen LogP contribution in [0.2, 0.25) is 0 Å². The third-order valence-corrected chi connectivity index (χ3v) is 3.92. The molecule has 1 aliphatic carbocycles. The van der Waals surface area contributed by atoms with E-state index in [4.69, 9.17) is 10.8 Å². The van der Waals surface area contributed by atoms with Gasteiger partial charge in [-0.15, -0.1) is 11.3 Å². The average molecular weight is 211 g/mol. The van der Waals surface area contributed by atoms with E-state index >= 15 is 0 Å². The van der Waals surface area contributed by atoms with Gasteiger partial charge in [0, 0.05) is 4.88 Å². The number of fused-ring (bicyclic) bond motifs is 1. The molecule has 0 saturated carbocycles. The largest absolute Gasteiger partial charge is 0.477 e. The topological polar surface area (TPSA) is 63.3 Å². The predicted octanol–water partition coefficient (Wildman–Crippen LogP) is 1.51. The maximum Gasteiger partial charge on any atom is 0.345 e. The lowest BCUT2D eigenvalue weighted by Gasteiger charge is -2.19. The molecule has 3 N–H and O–H groups in total. The van der Waals surface area contributed by atoms with E-state index in [1.54, 1.807) is 0 Å². The lowest BCUT2D eigenvalue weighted by atomic mass is 9.89. The molecule has 1 unspecified atom stereocenters. The summed E-state index contributed by atoms with van der Waals surface area (Å²) in [6, 6.07) is 1.81. The van der Waals surface area contributed by atoms with Crippen LogP contribution in [0.25, 0.3) is 0 Å². The summed E-state index contributed by atoms with van der Waals surface area (Å²) in [5.41, 5.74) is 6.83. The Morgan fingerprint density at radius 1 is 1.71 bits per heavy atom. The first-order valence-corrected chi connectivity index (χ1v) is 5.57. The van der Waals surface area contributed by atoms with Crippen LogP contribution in [0, 0.1) is 5.92 Å². The van der Waals surface area contributed by atoms with E-state index in [0.29, 0.717) is 17.3 Å². The quantitative estimate of drug-likeness (QED) is 0.779. The number of carboxylic acids is 1. The molecule has 14 heavy (non-hydrogen) atoms. The van der Waals surface area contributed by atoms with Crippen molar-refractivity contribution in [3.63, 3.8) is 0 Å². The lowest BCUT2D eigenvalue weighted by Crippen LogP contribution is -2.20. The molecule has 0 spiro atoms. The summed E-state index contributed by atoms with van der Waals surface area (Å²) in [5, 5.41) is 8.84. The molecular weight excluding hydrogens is 198 g/mol. The van der Waals surface area contributed by atoms with Crippen molar-refractivity contribution in [3.8, 4) is 0 Å². The lowest BCUT2D eigenvalue weighted by molar-refractivity contribution is 0.0702. The van der Waals surface area contributed by atoms with Crippen LogP contribution in [-0.4, -0.2) is 17.6 Å². The summed E-state index contributed by atoms with van der Waals surface area (Å²) in [7, 11) is 0. The van der Waals surface area contributed by atoms with Crippen molar-refractivity contribution in [2.24, 2.45) is 11.7 Å². The Morgan fingerprint density at radius 3 is 3.14 bits per heavy atom. The van der Waals surface area contributed by atoms with Crippen LogP contribution in [-0.2, 0) is 12.8 Å². The van der Waals surface area contributed by atoms with Gasteiger partial charge >= 0.3 is 5.97 Å². The zero-order valence-corrected chi connectivity index (χ0v) is 8.64. The SMILES string of the molecule is NCC1CCc2cc(C(=O)O)sc2C1. The molecule has 0 amide bonds. The maximum absolute atomic E-state index is 10.8. The van der Waals surface area contributed by atoms with Crippen LogP contribution in [0.15, 0.2) is 6.07 Å². The first kappa shape index (κ1) is 9.68. The van der Waals surface area contributed by atoms with Crippen LogP contribution in [0.1, 0.15) is 26.5 Å². The number of carboxylic acid groups (broad SMARTS) is 1. The van der Waals surface area contributed by atoms with Crippen LogP contribution in [0.4, 0.5) is 0 Å². The van der Waals surface area contributed by atoms with Crippen LogP contribution < -0.4 is 5.73 Å².